The van der Waals surface area contributed by atoms with E-state index in [1.807, 2.05) is 23.1 Å². The van der Waals surface area contributed by atoms with Gasteiger partial charge in [0.25, 0.3) is 5.91 Å². The first-order valence-corrected chi connectivity index (χ1v) is 11.5. The van der Waals surface area contributed by atoms with Gasteiger partial charge in [-0.05, 0) is 61.8 Å². The van der Waals surface area contributed by atoms with Crippen LogP contribution in [0, 0.1) is 11.8 Å². The standard InChI is InChI=1S/C23H26N2O4S/c1-14-6-8-25(9-7-14)23(27)21-11-16-10-15(2-5-20(16)30-21)22(26)24-17-3-4-18-19(12-17)29-13-28-18/h3-4,11-12,14-15H,2,5-10,13H2,1H3,(H,24,26). The highest BCUT2D eigenvalue weighted by atomic mass is 32.1. The highest BCUT2D eigenvalue weighted by Crippen LogP contribution is 2.36. The summed E-state index contributed by atoms with van der Waals surface area (Å²) in [4.78, 5) is 29.8. The zero-order valence-corrected chi connectivity index (χ0v) is 17.9. The summed E-state index contributed by atoms with van der Waals surface area (Å²) in [6.07, 6.45) is 4.51. The third-order valence-corrected chi connectivity index (χ3v) is 7.60. The molecule has 1 saturated heterocycles. The topological polar surface area (TPSA) is 67.9 Å². The Labute approximate surface area is 180 Å². The first-order valence-electron chi connectivity index (χ1n) is 10.7. The summed E-state index contributed by atoms with van der Waals surface area (Å²) < 4.78 is 10.7. The number of anilines is 1. The maximum Gasteiger partial charge on any atom is 0.263 e. The van der Waals surface area contributed by atoms with Crippen LogP contribution in [0.15, 0.2) is 24.3 Å². The minimum absolute atomic E-state index is 0.0172. The fourth-order valence-electron chi connectivity index (χ4n) is 4.44. The van der Waals surface area contributed by atoms with Crippen LogP contribution in [0.4, 0.5) is 5.69 Å². The lowest BCUT2D eigenvalue weighted by molar-refractivity contribution is -0.120. The largest absolute Gasteiger partial charge is 0.454 e. The summed E-state index contributed by atoms with van der Waals surface area (Å²) >= 11 is 1.62. The number of piperidine rings is 1. The molecule has 3 aliphatic rings. The summed E-state index contributed by atoms with van der Waals surface area (Å²) in [6, 6.07) is 7.48. The first-order chi connectivity index (χ1) is 14.6. The Bertz CT molecular complexity index is 978. The van der Waals surface area contributed by atoms with Gasteiger partial charge in [0.05, 0.1) is 4.88 Å². The van der Waals surface area contributed by atoms with Crippen molar-refractivity contribution in [2.24, 2.45) is 11.8 Å². The Morgan fingerprint density at radius 3 is 2.73 bits per heavy atom. The quantitative estimate of drug-likeness (QED) is 0.803. The molecule has 5 rings (SSSR count). The Morgan fingerprint density at radius 2 is 1.90 bits per heavy atom. The van der Waals surface area contributed by atoms with Gasteiger partial charge in [-0.1, -0.05) is 6.92 Å². The molecule has 1 unspecified atom stereocenters. The summed E-state index contributed by atoms with van der Waals surface area (Å²) in [5, 5.41) is 3.01. The van der Waals surface area contributed by atoms with Gasteiger partial charge in [0.1, 0.15) is 0 Å². The molecule has 2 aromatic rings. The Kier molecular flexibility index (Phi) is 5.15. The molecular formula is C23H26N2O4S. The van der Waals surface area contributed by atoms with Crippen molar-refractivity contribution in [3.63, 3.8) is 0 Å². The molecule has 1 N–H and O–H groups in total. The molecule has 6 nitrogen and oxygen atoms in total. The van der Waals surface area contributed by atoms with E-state index in [-0.39, 0.29) is 24.5 Å². The van der Waals surface area contributed by atoms with Crippen LogP contribution in [0.5, 0.6) is 11.5 Å². The van der Waals surface area contributed by atoms with Crippen LogP contribution in [0.25, 0.3) is 0 Å². The fourth-order valence-corrected chi connectivity index (χ4v) is 5.62. The number of hydrogen-bond donors (Lipinski definition) is 1. The fraction of sp³-hybridized carbons (Fsp3) is 0.478. The van der Waals surface area contributed by atoms with Crippen LogP contribution >= 0.6 is 11.3 Å². The summed E-state index contributed by atoms with van der Waals surface area (Å²) in [6.45, 7) is 4.17. The number of amides is 2. The molecule has 1 fully saturated rings. The average molecular weight is 427 g/mol. The molecule has 158 valence electrons. The second kappa shape index (κ2) is 7.95. The molecule has 0 radical (unpaired) electrons. The zero-order valence-electron chi connectivity index (χ0n) is 17.1. The number of carbonyl (C=O) groups is 2. The van der Waals surface area contributed by atoms with Crippen LogP contribution in [0.3, 0.4) is 0 Å². The maximum absolute atomic E-state index is 12.9. The predicted octanol–water partition coefficient (Wildman–Crippen LogP) is 4.09. The Hall–Kier alpha value is -2.54. The van der Waals surface area contributed by atoms with E-state index in [0.717, 1.165) is 54.9 Å². The van der Waals surface area contributed by atoms with Crippen molar-refractivity contribution in [1.29, 1.82) is 0 Å². The molecule has 0 saturated carbocycles. The molecule has 30 heavy (non-hydrogen) atoms. The van der Waals surface area contributed by atoms with E-state index < -0.39 is 0 Å². The van der Waals surface area contributed by atoms with Gasteiger partial charge in [-0.2, -0.15) is 0 Å². The summed E-state index contributed by atoms with van der Waals surface area (Å²) in [5.74, 6) is 2.15. The van der Waals surface area contributed by atoms with E-state index in [4.69, 9.17) is 9.47 Å². The van der Waals surface area contributed by atoms with Gasteiger partial charge in [0.15, 0.2) is 11.5 Å². The molecule has 1 atom stereocenters. The van der Waals surface area contributed by atoms with Gasteiger partial charge in [-0.3, -0.25) is 9.59 Å². The van der Waals surface area contributed by atoms with E-state index >= 15 is 0 Å². The zero-order chi connectivity index (χ0) is 20.7. The van der Waals surface area contributed by atoms with Gasteiger partial charge in [-0.25, -0.2) is 0 Å². The molecule has 0 spiro atoms. The molecule has 1 aromatic heterocycles. The van der Waals surface area contributed by atoms with Crippen molar-refractivity contribution in [3.05, 3.63) is 39.6 Å². The predicted molar refractivity (Wildman–Crippen MR) is 115 cm³/mol. The minimum Gasteiger partial charge on any atom is -0.454 e. The number of likely N-dealkylation sites (tertiary alicyclic amines) is 1. The Morgan fingerprint density at radius 1 is 1.10 bits per heavy atom. The van der Waals surface area contributed by atoms with Crippen LogP contribution in [-0.4, -0.2) is 36.6 Å². The van der Waals surface area contributed by atoms with E-state index in [9.17, 15) is 9.59 Å². The number of rotatable bonds is 3. The molecule has 3 heterocycles. The number of aryl methyl sites for hydroxylation is 1. The van der Waals surface area contributed by atoms with Crippen LogP contribution in [-0.2, 0) is 17.6 Å². The number of hydrogen-bond acceptors (Lipinski definition) is 5. The molecule has 1 aliphatic carbocycles. The lowest BCUT2D eigenvalue weighted by Crippen LogP contribution is -2.37. The van der Waals surface area contributed by atoms with Crippen molar-refractivity contribution in [1.82, 2.24) is 4.90 Å². The van der Waals surface area contributed by atoms with Gasteiger partial charge in [0.2, 0.25) is 12.7 Å². The number of ether oxygens (including phenoxy) is 2. The molecule has 2 amide bonds. The van der Waals surface area contributed by atoms with Crippen molar-refractivity contribution in [2.75, 3.05) is 25.2 Å². The SMILES string of the molecule is CC1CCN(C(=O)c2cc3c(s2)CCC(C(=O)Nc2ccc4c(c2)OCO4)C3)CC1. The minimum atomic E-state index is -0.0867. The molecule has 2 aliphatic heterocycles. The van der Waals surface area contributed by atoms with Crippen molar-refractivity contribution in [2.45, 2.75) is 39.0 Å². The van der Waals surface area contributed by atoms with E-state index in [1.165, 1.54) is 4.88 Å². The molecule has 1 aromatic carbocycles. The molecule has 0 bridgehead atoms. The normalized spacial score (nSPS) is 20.7. The van der Waals surface area contributed by atoms with Gasteiger partial charge >= 0.3 is 0 Å². The van der Waals surface area contributed by atoms with Gasteiger partial charge in [0, 0.05) is 35.6 Å². The summed E-state index contributed by atoms with van der Waals surface area (Å²) in [7, 11) is 0. The molecular weight excluding hydrogens is 400 g/mol. The van der Waals surface area contributed by atoms with E-state index in [0.29, 0.717) is 23.8 Å². The lowest BCUT2D eigenvalue weighted by Gasteiger charge is -2.29. The number of nitrogens with zero attached hydrogens (tertiary/aromatic N) is 1. The number of nitrogens with one attached hydrogen (secondary N) is 1. The lowest BCUT2D eigenvalue weighted by atomic mass is 9.87. The average Bonchev–Trinajstić information content (AvgIpc) is 3.39. The van der Waals surface area contributed by atoms with Crippen molar-refractivity contribution >= 4 is 28.8 Å². The number of benzene rings is 1. The van der Waals surface area contributed by atoms with E-state index in [2.05, 4.69) is 12.2 Å². The first kappa shape index (κ1) is 19.4. The van der Waals surface area contributed by atoms with Crippen LogP contribution in [0.2, 0.25) is 0 Å². The molecule has 7 heteroatoms. The number of carbonyl (C=O) groups excluding carboxylic acids is 2. The number of fused-ring (bicyclic) bond motifs is 2. The smallest absolute Gasteiger partial charge is 0.263 e. The third kappa shape index (κ3) is 3.78. The van der Waals surface area contributed by atoms with Crippen molar-refractivity contribution < 1.29 is 19.1 Å². The second-order valence-corrected chi connectivity index (χ2v) is 9.67. The van der Waals surface area contributed by atoms with Crippen molar-refractivity contribution in [3.8, 4) is 11.5 Å². The highest BCUT2D eigenvalue weighted by Gasteiger charge is 2.29. The monoisotopic (exact) mass is 426 g/mol. The third-order valence-electron chi connectivity index (χ3n) is 6.38. The van der Waals surface area contributed by atoms with E-state index in [1.54, 1.807) is 17.4 Å². The Balaban J connectivity index is 1.24. The van der Waals surface area contributed by atoms with Crippen LogP contribution < -0.4 is 14.8 Å². The highest BCUT2D eigenvalue weighted by molar-refractivity contribution is 7.14. The summed E-state index contributed by atoms with van der Waals surface area (Å²) in [5.41, 5.74) is 1.88. The maximum atomic E-state index is 12.9. The second-order valence-electron chi connectivity index (χ2n) is 8.53. The number of thiophene rings is 1. The van der Waals surface area contributed by atoms with Crippen LogP contribution in [0.1, 0.15) is 46.3 Å². The van der Waals surface area contributed by atoms with Gasteiger partial charge in [-0.15, -0.1) is 11.3 Å². The van der Waals surface area contributed by atoms with Gasteiger partial charge < -0.3 is 19.7 Å².